The van der Waals surface area contributed by atoms with Gasteiger partial charge in [-0.15, -0.1) is 11.3 Å². The van der Waals surface area contributed by atoms with Crippen LogP contribution in [0, 0.1) is 0 Å². The highest BCUT2D eigenvalue weighted by Crippen LogP contribution is 2.33. The molecule has 2 aromatic heterocycles. The van der Waals surface area contributed by atoms with Gasteiger partial charge >= 0.3 is 0 Å². The molecular formula is C21H20ClN3O2S. The monoisotopic (exact) mass is 413 g/mol. The van der Waals surface area contributed by atoms with Gasteiger partial charge in [0.15, 0.2) is 0 Å². The number of halogens is 1. The molecule has 0 saturated carbocycles. The van der Waals surface area contributed by atoms with Crippen molar-refractivity contribution in [2.45, 2.75) is 25.4 Å². The summed E-state index contributed by atoms with van der Waals surface area (Å²) in [5, 5.41) is 12.2. The molecule has 3 aromatic rings. The zero-order valence-electron chi connectivity index (χ0n) is 15.3. The van der Waals surface area contributed by atoms with Gasteiger partial charge in [0, 0.05) is 22.4 Å². The fraction of sp³-hybridized carbons (Fsp3) is 0.238. The minimum Gasteiger partial charge on any atom is -0.467 e. The summed E-state index contributed by atoms with van der Waals surface area (Å²) in [5.41, 5.74) is 1.80. The summed E-state index contributed by atoms with van der Waals surface area (Å²) in [7, 11) is 0. The third-order valence-corrected chi connectivity index (χ3v) is 6.05. The van der Waals surface area contributed by atoms with E-state index in [4.69, 9.17) is 16.0 Å². The minimum absolute atomic E-state index is 0.0891. The third-order valence-electron chi connectivity index (χ3n) is 4.74. The van der Waals surface area contributed by atoms with Gasteiger partial charge in [-0.25, -0.2) is 5.01 Å². The number of hydrogen-bond acceptors (Lipinski definition) is 5. The quantitative estimate of drug-likeness (QED) is 0.617. The first-order valence-corrected chi connectivity index (χ1v) is 10.3. The first kappa shape index (κ1) is 18.9. The Bertz CT molecular complexity index is 952. The summed E-state index contributed by atoms with van der Waals surface area (Å²) in [5.74, 6) is 0.640. The Morgan fingerprint density at radius 3 is 2.82 bits per heavy atom. The molecule has 4 rings (SSSR count). The van der Waals surface area contributed by atoms with Gasteiger partial charge in [-0.1, -0.05) is 29.8 Å². The molecule has 1 aliphatic heterocycles. The lowest BCUT2D eigenvalue weighted by Gasteiger charge is -2.21. The number of furan rings is 1. The number of nitrogens with zero attached hydrogens (tertiary/aromatic N) is 2. The number of benzene rings is 1. The summed E-state index contributed by atoms with van der Waals surface area (Å²) < 4.78 is 5.58. The van der Waals surface area contributed by atoms with Crippen molar-refractivity contribution >= 4 is 34.6 Å². The van der Waals surface area contributed by atoms with E-state index in [9.17, 15) is 4.79 Å². The van der Waals surface area contributed by atoms with E-state index in [0.717, 1.165) is 17.0 Å². The van der Waals surface area contributed by atoms with Crippen LogP contribution >= 0.6 is 22.9 Å². The number of hydrazone groups is 1. The highest BCUT2D eigenvalue weighted by Gasteiger charge is 2.34. The fourth-order valence-corrected chi connectivity index (χ4v) is 4.10. The van der Waals surface area contributed by atoms with Crippen LogP contribution in [0.5, 0.6) is 0 Å². The summed E-state index contributed by atoms with van der Waals surface area (Å²) in [4.78, 5) is 14.1. The summed E-state index contributed by atoms with van der Waals surface area (Å²) >= 11 is 7.67. The van der Waals surface area contributed by atoms with Gasteiger partial charge in [-0.2, -0.15) is 5.10 Å². The van der Waals surface area contributed by atoms with Crippen LogP contribution in [0.25, 0.3) is 0 Å². The van der Waals surface area contributed by atoms with Crippen LogP contribution < -0.4 is 5.32 Å². The van der Waals surface area contributed by atoms with Crippen molar-refractivity contribution in [3.63, 3.8) is 0 Å². The number of nitrogens with one attached hydrogen (secondary N) is 1. The molecule has 0 bridgehead atoms. The van der Waals surface area contributed by atoms with Gasteiger partial charge in [-0.3, -0.25) is 4.79 Å². The highest BCUT2D eigenvalue weighted by molar-refractivity contribution is 7.10. The Labute approximate surface area is 172 Å². The normalized spacial score (nSPS) is 17.6. The maximum Gasteiger partial charge on any atom is 0.257 e. The third kappa shape index (κ3) is 4.04. The Morgan fingerprint density at radius 2 is 2.14 bits per heavy atom. The summed E-state index contributed by atoms with van der Waals surface area (Å²) in [6.07, 6.45) is 2.22. The van der Waals surface area contributed by atoms with Crippen LogP contribution in [0.1, 0.15) is 41.6 Å². The lowest BCUT2D eigenvalue weighted by atomic mass is 10.0. The predicted octanol–water partition coefficient (Wildman–Crippen LogP) is 5.02. The van der Waals surface area contributed by atoms with Crippen molar-refractivity contribution in [3.8, 4) is 0 Å². The summed E-state index contributed by atoms with van der Waals surface area (Å²) in [6, 6.07) is 15.1. The lowest BCUT2D eigenvalue weighted by Crippen LogP contribution is -2.36. The number of rotatable bonds is 6. The van der Waals surface area contributed by atoms with E-state index in [-0.39, 0.29) is 24.5 Å². The molecule has 0 radical (unpaired) electrons. The van der Waals surface area contributed by atoms with E-state index < -0.39 is 0 Å². The molecule has 2 atom stereocenters. The SMILES string of the molecule is CC(NCC(=O)N1N=C(c2ccc(Cl)cc2)CC1c1ccco1)c1cccs1. The predicted molar refractivity (Wildman–Crippen MR) is 112 cm³/mol. The largest absolute Gasteiger partial charge is 0.467 e. The smallest absolute Gasteiger partial charge is 0.257 e. The first-order valence-electron chi connectivity index (χ1n) is 9.07. The number of carbonyl (C=O) groups excluding carboxylic acids is 1. The van der Waals surface area contributed by atoms with E-state index in [1.54, 1.807) is 17.6 Å². The Morgan fingerprint density at radius 1 is 1.32 bits per heavy atom. The van der Waals surface area contributed by atoms with Gasteiger partial charge in [-0.05, 0) is 48.2 Å². The highest BCUT2D eigenvalue weighted by atomic mass is 35.5. The molecule has 1 aliphatic rings. The topological polar surface area (TPSA) is 57.8 Å². The van der Waals surface area contributed by atoms with Gasteiger partial charge in [0.05, 0.1) is 18.5 Å². The molecule has 0 aliphatic carbocycles. The molecule has 28 heavy (non-hydrogen) atoms. The van der Waals surface area contributed by atoms with E-state index in [2.05, 4.69) is 23.4 Å². The van der Waals surface area contributed by atoms with Gasteiger partial charge in [0.2, 0.25) is 0 Å². The van der Waals surface area contributed by atoms with Crippen molar-refractivity contribution < 1.29 is 9.21 Å². The summed E-state index contributed by atoms with van der Waals surface area (Å²) in [6.45, 7) is 2.25. The molecule has 0 fully saturated rings. The van der Waals surface area contributed by atoms with Crippen LogP contribution in [-0.4, -0.2) is 23.2 Å². The average Bonchev–Trinajstić information content (AvgIpc) is 3.47. The van der Waals surface area contributed by atoms with E-state index >= 15 is 0 Å². The maximum absolute atomic E-state index is 13.0. The first-order chi connectivity index (χ1) is 13.6. The van der Waals surface area contributed by atoms with Gasteiger partial charge in [0.1, 0.15) is 11.8 Å². The molecule has 1 N–H and O–H groups in total. The van der Waals surface area contributed by atoms with Crippen LogP contribution in [0.2, 0.25) is 5.02 Å². The van der Waals surface area contributed by atoms with Crippen LogP contribution in [0.15, 0.2) is 69.7 Å². The molecule has 0 saturated heterocycles. The zero-order chi connectivity index (χ0) is 19.5. The van der Waals surface area contributed by atoms with E-state index in [1.165, 1.54) is 9.89 Å². The molecule has 2 unspecified atom stereocenters. The van der Waals surface area contributed by atoms with Crippen molar-refractivity contribution in [2.75, 3.05) is 6.54 Å². The fourth-order valence-electron chi connectivity index (χ4n) is 3.22. The standard InChI is InChI=1S/C21H20ClN3O2S/c1-14(20-5-3-11-28-20)23-13-21(26)25-18(19-4-2-10-27-19)12-17(24-25)15-6-8-16(22)9-7-15/h2-11,14,18,23H,12-13H2,1H3. The van der Waals surface area contributed by atoms with Crippen molar-refractivity contribution in [1.29, 1.82) is 0 Å². The zero-order valence-corrected chi connectivity index (χ0v) is 16.9. The van der Waals surface area contributed by atoms with Crippen molar-refractivity contribution in [2.24, 2.45) is 5.10 Å². The number of thiophene rings is 1. The Kier molecular flexibility index (Phi) is 5.62. The van der Waals surface area contributed by atoms with Gasteiger partial charge < -0.3 is 9.73 Å². The molecule has 7 heteroatoms. The van der Waals surface area contributed by atoms with Crippen molar-refractivity contribution in [1.82, 2.24) is 10.3 Å². The average molecular weight is 414 g/mol. The molecule has 0 spiro atoms. The maximum atomic E-state index is 13.0. The van der Waals surface area contributed by atoms with Crippen molar-refractivity contribution in [3.05, 3.63) is 81.4 Å². The Balaban J connectivity index is 1.52. The number of hydrogen-bond donors (Lipinski definition) is 1. The molecular weight excluding hydrogens is 394 g/mol. The Hall–Kier alpha value is -2.41. The van der Waals surface area contributed by atoms with Crippen LogP contribution in [-0.2, 0) is 4.79 Å². The number of amides is 1. The molecule has 5 nitrogen and oxygen atoms in total. The second-order valence-electron chi connectivity index (χ2n) is 6.65. The molecule has 144 valence electrons. The molecule has 1 aromatic carbocycles. The van der Waals surface area contributed by atoms with Crippen LogP contribution in [0.4, 0.5) is 0 Å². The lowest BCUT2D eigenvalue weighted by molar-refractivity contribution is -0.132. The van der Waals surface area contributed by atoms with Crippen LogP contribution in [0.3, 0.4) is 0 Å². The number of carbonyl (C=O) groups is 1. The van der Waals surface area contributed by atoms with E-state index in [0.29, 0.717) is 11.4 Å². The minimum atomic E-state index is -0.243. The second kappa shape index (κ2) is 8.31. The van der Waals surface area contributed by atoms with Gasteiger partial charge in [0.25, 0.3) is 5.91 Å². The molecule has 3 heterocycles. The van der Waals surface area contributed by atoms with E-state index in [1.807, 2.05) is 47.8 Å². The second-order valence-corrected chi connectivity index (χ2v) is 8.06. The molecule has 1 amide bonds.